The Morgan fingerprint density at radius 3 is 2.69 bits per heavy atom. The number of carboxylic acid groups (broad SMARTS) is 1. The number of hydrogen-bond acceptors (Lipinski definition) is 3. The molecule has 0 amide bonds. The summed E-state index contributed by atoms with van der Waals surface area (Å²) in [5, 5.41) is 8.92. The molecule has 0 aromatic heterocycles. The first kappa shape index (κ1) is 16.9. The summed E-state index contributed by atoms with van der Waals surface area (Å²) in [6.07, 6.45) is 1.41. The van der Waals surface area contributed by atoms with E-state index in [-0.39, 0.29) is 23.3 Å². The van der Waals surface area contributed by atoms with Crippen LogP contribution in [0.25, 0.3) is 11.1 Å². The molecule has 136 valence electrons. The number of halogens is 1. The van der Waals surface area contributed by atoms with Gasteiger partial charge >= 0.3 is 5.97 Å². The van der Waals surface area contributed by atoms with Gasteiger partial charge in [-0.1, -0.05) is 12.1 Å². The smallest absolute Gasteiger partial charge is 0.306 e. The molecule has 2 atom stereocenters. The zero-order valence-corrected chi connectivity index (χ0v) is 14.8. The average Bonchev–Trinajstić information content (AvgIpc) is 3.29. The maximum Gasteiger partial charge on any atom is 0.306 e. The van der Waals surface area contributed by atoms with Gasteiger partial charge in [-0.05, 0) is 49.6 Å². The van der Waals surface area contributed by atoms with Crippen LogP contribution in [0.2, 0.25) is 0 Å². The monoisotopic (exact) mass is 356 g/mol. The highest BCUT2D eigenvalue weighted by Gasteiger charge is 2.43. The van der Waals surface area contributed by atoms with Crippen LogP contribution in [0.5, 0.6) is 11.5 Å². The molecule has 0 radical (unpaired) electrons. The zero-order valence-electron chi connectivity index (χ0n) is 14.8. The summed E-state index contributed by atoms with van der Waals surface area (Å²) in [7, 11) is 0. The molecular formula is C21H21FO4. The number of ether oxygens (including phenoxy) is 2. The van der Waals surface area contributed by atoms with E-state index in [1.807, 2.05) is 38.1 Å². The summed E-state index contributed by atoms with van der Waals surface area (Å²) in [6.45, 7) is 4.40. The third-order valence-corrected chi connectivity index (χ3v) is 5.03. The predicted molar refractivity (Wildman–Crippen MR) is 95.0 cm³/mol. The van der Waals surface area contributed by atoms with Crippen molar-refractivity contribution < 1.29 is 23.8 Å². The van der Waals surface area contributed by atoms with Gasteiger partial charge in [0, 0.05) is 24.0 Å². The first-order valence-electron chi connectivity index (χ1n) is 8.80. The quantitative estimate of drug-likeness (QED) is 0.868. The van der Waals surface area contributed by atoms with E-state index in [2.05, 4.69) is 0 Å². The molecule has 4 rings (SSSR count). The Labute approximate surface area is 151 Å². The summed E-state index contributed by atoms with van der Waals surface area (Å²) >= 11 is 0. The fourth-order valence-corrected chi connectivity index (χ4v) is 3.57. The number of rotatable bonds is 5. The highest BCUT2D eigenvalue weighted by Crippen LogP contribution is 2.42. The minimum Gasteiger partial charge on any atom is -0.493 e. The summed E-state index contributed by atoms with van der Waals surface area (Å²) < 4.78 is 25.5. The van der Waals surface area contributed by atoms with E-state index in [4.69, 9.17) is 14.6 Å². The molecule has 2 aliphatic rings. The van der Waals surface area contributed by atoms with Crippen molar-refractivity contribution >= 4 is 5.97 Å². The van der Waals surface area contributed by atoms with Gasteiger partial charge in [0.05, 0.1) is 12.5 Å². The molecule has 1 N–H and O–H groups in total. The topological polar surface area (TPSA) is 55.8 Å². The highest BCUT2D eigenvalue weighted by molar-refractivity contribution is 5.73. The van der Waals surface area contributed by atoms with Gasteiger partial charge < -0.3 is 14.6 Å². The van der Waals surface area contributed by atoms with Crippen molar-refractivity contribution in [1.82, 2.24) is 0 Å². The van der Waals surface area contributed by atoms with E-state index >= 15 is 0 Å². The molecule has 1 aliphatic carbocycles. The summed E-state index contributed by atoms with van der Waals surface area (Å²) in [5.74, 6) is 0.0583. The fourth-order valence-electron chi connectivity index (χ4n) is 3.57. The van der Waals surface area contributed by atoms with Crippen LogP contribution in [-0.2, 0) is 11.2 Å². The lowest BCUT2D eigenvalue weighted by molar-refractivity contribution is -0.138. The van der Waals surface area contributed by atoms with Crippen LogP contribution in [0, 0.1) is 17.7 Å². The number of carboxylic acids is 1. The summed E-state index contributed by atoms with van der Waals surface area (Å²) in [6, 6.07) is 10.5. The summed E-state index contributed by atoms with van der Waals surface area (Å²) in [4.78, 5) is 10.9. The van der Waals surface area contributed by atoms with Crippen LogP contribution in [0.1, 0.15) is 25.8 Å². The van der Waals surface area contributed by atoms with E-state index in [9.17, 15) is 9.18 Å². The van der Waals surface area contributed by atoms with Crippen LogP contribution in [0.15, 0.2) is 36.4 Å². The Balaban J connectivity index is 1.51. The standard InChI is InChI=1S/C21H21FO4/c1-21(2)10-18-16(8-14(22)9-19(18)26-21)12-3-5-15(6-4-12)25-11-13-7-17(13)20(23)24/h3-6,8-9,13,17H,7,10-11H2,1-2H3,(H,23,24)/t13-,17+/m0/s1. The van der Waals surface area contributed by atoms with E-state index in [0.29, 0.717) is 24.5 Å². The van der Waals surface area contributed by atoms with E-state index in [1.165, 1.54) is 6.07 Å². The number of aliphatic carboxylic acids is 1. The summed E-state index contributed by atoms with van der Waals surface area (Å²) in [5.41, 5.74) is 2.43. The normalized spacial score (nSPS) is 22.4. The van der Waals surface area contributed by atoms with Crippen LogP contribution in [-0.4, -0.2) is 23.3 Å². The third-order valence-electron chi connectivity index (χ3n) is 5.03. The van der Waals surface area contributed by atoms with Crippen molar-refractivity contribution in [3.8, 4) is 22.6 Å². The molecule has 2 aromatic rings. The Hall–Kier alpha value is -2.56. The minimum absolute atomic E-state index is 0.0954. The zero-order chi connectivity index (χ0) is 18.5. The largest absolute Gasteiger partial charge is 0.493 e. The predicted octanol–water partition coefficient (Wildman–Crippen LogP) is 4.31. The van der Waals surface area contributed by atoms with Crippen LogP contribution in [0.4, 0.5) is 4.39 Å². The van der Waals surface area contributed by atoms with Gasteiger partial charge in [-0.2, -0.15) is 0 Å². The molecule has 1 heterocycles. The van der Waals surface area contributed by atoms with E-state index in [0.717, 1.165) is 23.1 Å². The first-order chi connectivity index (χ1) is 12.3. The Kier molecular flexibility index (Phi) is 3.90. The maximum absolute atomic E-state index is 14.0. The number of benzene rings is 2. The highest BCUT2D eigenvalue weighted by atomic mass is 19.1. The van der Waals surface area contributed by atoms with Crippen molar-refractivity contribution in [2.75, 3.05) is 6.61 Å². The molecule has 1 fully saturated rings. The Bertz CT molecular complexity index is 857. The maximum atomic E-state index is 14.0. The van der Waals surface area contributed by atoms with Crippen molar-refractivity contribution in [2.45, 2.75) is 32.3 Å². The van der Waals surface area contributed by atoms with Crippen LogP contribution in [0.3, 0.4) is 0 Å². The molecule has 0 saturated heterocycles. The Morgan fingerprint density at radius 2 is 2.04 bits per heavy atom. The number of hydrogen-bond donors (Lipinski definition) is 1. The molecule has 2 aromatic carbocycles. The van der Waals surface area contributed by atoms with Gasteiger partial charge in [0.2, 0.25) is 0 Å². The number of fused-ring (bicyclic) bond motifs is 1. The molecule has 0 bridgehead atoms. The Morgan fingerprint density at radius 1 is 1.31 bits per heavy atom. The van der Waals surface area contributed by atoms with Crippen molar-refractivity contribution in [3.05, 3.63) is 47.8 Å². The third kappa shape index (κ3) is 3.26. The lowest BCUT2D eigenvalue weighted by Gasteiger charge is -2.16. The van der Waals surface area contributed by atoms with Crippen molar-refractivity contribution in [3.63, 3.8) is 0 Å². The molecule has 0 spiro atoms. The van der Waals surface area contributed by atoms with Gasteiger partial charge in [0.1, 0.15) is 22.9 Å². The average molecular weight is 356 g/mol. The second-order valence-electron chi connectivity index (χ2n) is 7.74. The van der Waals surface area contributed by atoms with Crippen molar-refractivity contribution in [1.29, 1.82) is 0 Å². The van der Waals surface area contributed by atoms with Crippen LogP contribution < -0.4 is 9.47 Å². The van der Waals surface area contributed by atoms with Crippen LogP contribution >= 0.6 is 0 Å². The first-order valence-corrected chi connectivity index (χ1v) is 8.80. The molecule has 1 saturated carbocycles. The van der Waals surface area contributed by atoms with Gasteiger partial charge in [-0.25, -0.2) is 4.39 Å². The van der Waals surface area contributed by atoms with Crippen molar-refractivity contribution in [2.24, 2.45) is 11.8 Å². The van der Waals surface area contributed by atoms with Gasteiger partial charge in [-0.3, -0.25) is 4.79 Å². The second kappa shape index (κ2) is 6.01. The van der Waals surface area contributed by atoms with Gasteiger partial charge in [0.15, 0.2) is 0 Å². The van der Waals surface area contributed by atoms with E-state index in [1.54, 1.807) is 6.07 Å². The molecule has 1 aliphatic heterocycles. The lowest BCUT2D eigenvalue weighted by Crippen LogP contribution is -2.24. The minimum atomic E-state index is -0.751. The fraction of sp³-hybridized carbons (Fsp3) is 0.381. The van der Waals surface area contributed by atoms with Gasteiger partial charge in [-0.15, -0.1) is 0 Å². The SMILES string of the molecule is CC1(C)Cc2c(cc(F)cc2-c2ccc(OC[C@@H]3C[C@H]3C(=O)O)cc2)O1. The molecule has 4 nitrogen and oxygen atoms in total. The van der Waals surface area contributed by atoms with E-state index < -0.39 is 5.97 Å². The lowest BCUT2D eigenvalue weighted by atomic mass is 9.93. The molecule has 26 heavy (non-hydrogen) atoms. The number of carbonyl (C=O) groups is 1. The molecule has 5 heteroatoms. The molecular weight excluding hydrogens is 335 g/mol. The van der Waals surface area contributed by atoms with Gasteiger partial charge in [0.25, 0.3) is 0 Å². The second-order valence-corrected chi connectivity index (χ2v) is 7.74. The molecule has 0 unspecified atom stereocenters.